The average Bonchev–Trinajstić information content (AvgIpc) is 2.53. The molecule has 1 amide bonds. The van der Waals surface area contributed by atoms with Crippen LogP contribution in [0.3, 0.4) is 0 Å². The molecule has 4 aliphatic carbocycles. The van der Waals surface area contributed by atoms with Crippen LogP contribution in [0.5, 0.6) is 11.5 Å². The number of methoxy groups -OCH3 is 1. The molecular formula is C20H27NO3. The summed E-state index contributed by atoms with van der Waals surface area (Å²) >= 11 is 0. The number of amides is 1. The van der Waals surface area contributed by atoms with Crippen molar-refractivity contribution in [1.29, 1.82) is 0 Å². The van der Waals surface area contributed by atoms with Crippen molar-refractivity contribution in [2.75, 3.05) is 7.11 Å². The smallest absolute Gasteiger partial charge is 0.261 e. The molecule has 24 heavy (non-hydrogen) atoms. The summed E-state index contributed by atoms with van der Waals surface area (Å²) in [6, 6.07) is 7.37. The maximum Gasteiger partial charge on any atom is 0.261 e. The predicted molar refractivity (Wildman–Crippen MR) is 92.1 cm³/mol. The first kappa shape index (κ1) is 15.8. The van der Waals surface area contributed by atoms with Crippen molar-refractivity contribution in [3.63, 3.8) is 0 Å². The fourth-order valence-electron chi connectivity index (χ4n) is 5.54. The van der Waals surface area contributed by atoms with Gasteiger partial charge in [0.2, 0.25) is 0 Å². The van der Waals surface area contributed by atoms with E-state index >= 15 is 0 Å². The van der Waals surface area contributed by atoms with Crippen molar-refractivity contribution in [3.05, 3.63) is 24.3 Å². The fourth-order valence-corrected chi connectivity index (χ4v) is 5.54. The van der Waals surface area contributed by atoms with Crippen molar-refractivity contribution in [1.82, 2.24) is 5.32 Å². The van der Waals surface area contributed by atoms with Crippen molar-refractivity contribution in [2.45, 2.75) is 57.1 Å². The van der Waals surface area contributed by atoms with Crippen LogP contribution in [0.4, 0.5) is 0 Å². The normalized spacial score (nSPS) is 34.7. The Bertz CT molecular complexity index is 575. The zero-order valence-corrected chi connectivity index (χ0v) is 14.6. The second kappa shape index (κ2) is 5.98. The SMILES string of the molecule is COc1ccc(O[C@H](C)C(=O)NC23CC4CC(CC(C4)C2)C3)cc1. The second-order valence-corrected chi connectivity index (χ2v) is 8.12. The Morgan fingerprint density at radius 3 is 2.04 bits per heavy atom. The van der Waals surface area contributed by atoms with Crippen LogP contribution in [0, 0.1) is 17.8 Å². The van der Waals surface area contributed by atoms with Crippen LogP contribution in [0.1, 0.15) is 45.4 Å². The third kappa shape index (κ3) is 2.99. The van der Waals surface area contributed by atoms with Gasteiger partial charge in [-0.25, -0.2) is 0 Å². The summed E-state index contributed by atoms with van der Waals surface area (Å²) in [7, 11) is 1.64. The van der Waals surface area contributed by atoms with Gasteiger partial charge in [0.1, 0.15) is 11.5 Å². The maximum atomic E-state index is 12.7. The van der Waals surface area contributed by atoms with E-state index in [1.54, 1.807) is 7.11 Å². The topological polar surface area (TPSA) is 47.6 Å². The van der Waals surface area contributed by atoms with Gasteiger partial charge in [-0.15, -0.1) is 0 Å². The number of benzene rings is 1. The Morgan fingerprint density at radius 1 is 1.04 bits per heavy atom. The molecule has 5 rings (SSSR count). The largest absolute Gasteiger partial charge is 0.497 e. The molecule has 1 aromatic carbocycles. The first-order valence-corrected chi connectivity index (χ1v) is 9.18. The number of carbonyl (C=O) groups excluding carboxylic acids is 1. The highest BCUT2D eigenvalue weighted by Crippen LogP contribution is 2.55. The van der Waals surface area contributed by atoms with Crippen molar-refractivity contribution >= 4 is 5.91 Å². The van der Waals surface area contributed by atoms with Gasteiger partial charge in [-0.05, 0) is 87.5 Å². The van der Waals surface area contributed by atoms with Crippen LogP contribution >= 0.6 is 0 Å². The molecule has 0 aliphatic heterocycles. The standard InChI is InChI=1S/C20H27NO3/c1-13(24-18-5-3-17(23-2)4-6-18)19(22)21-20-10-14-7-15(11-20)9-16(8-14)12-20/h3-6,13-16H,7-12H2,1-2H3,(H,21,22)/t13-,14?,15?,16?,20?/m1/s1. The molecule has 4 heteroatoms. The Labute approximate surface area is 143 Å². The van der Waals surface area contributed by atoms with E-state index in [0.29, 0.717) is 5.75 Å². The minimum atomic E-state index is -0.480. The Kier molecular flexibility index (Phi) is 3.93. The Morgan fingerprint density at radius 2 is 1.54 bits per heavy atom. The Balaban J connectivity index is 1.38. The molecule has 0 heterocycles. The molecule has 0 spiro atoms. The van der Waals surface area contributed by atoms with Crippen LogP contribution in [-0.4, -0.2) is 24.7 Å². The van der Waals surface area contributed by atoms with E-state index in [0.717, 1.165) is 23.5 Å². The summed E-state index contributed by atoms with van der Waals surface area (Å²) in [6.07, 6.45) is 7.17. The molecule has 0 radical (unpaired) electrons. The summed E-state index contributed by atoms with van der Waals surface area (Å²) in [4.78, 5) is 12.7. The van der Waals surface area contributed by atoms with Gasteiger partial charge in [0.15, 0.2) is 6.10 Å². The van der Waals surface area contributed by atoms with Gasteiger partial charge >= 0.3 is 0 Å². The van der Waals surface area contributed by atoms with Gasteiger partial charge in [-0.3, -0.25) is 4.79 Å². The van der Waals surface area contributed by atoms with Gasteiger partial charge in [0, 0.05) is 5.54 Å². The average molecular weight is 329 g/mol. The van der Waals surface area contributed by atoms with Gasteiger partial charge < -0.3 is 14.8 Å². The van der Waals surface area contributed by atoms with Crippen molar-refractivity contribution in [3.8, 4) is 11.5 Å². The number of rotatable bonds is 5. The molecule has 0 aromatic heterocycles. The molecule has 130 valence electrons. The fraction of sp³-hybridized carbons (Fsp3) is 0.650. The number of hydrogen-bond acceptors (Lipinski definition) is 3. The molecule has 0 saturated heterocycles. The molecule has 1 aromatic rings. The second-order valence-electron chi connectivity index (χ2n) is 8.12. The highest BCUT2D eigenvalue weighted by atomic mass is 16.5. The predicted octanol–water partition coefficient (Wildman–Crippen LogP) is 3.55. The lowest BCUT2D eigenvalue weighted by Crippen LogP contribution is -2.61. The Hall–Kier alpha value is -1.71. The summed E-state index contributed by atoms with van der Waals surface area (Å²) in [6.45, 7) is 1.83. The molecular weight excluding hydrogens is 302 g/mol. The minimum Gasteiger partial charge on any atom is -0.497 e. The number of hydrogen-bond donors (Lipinski definition) is 1. The third-order valence-electron chi connectivity index (χ3n) is 6.17. The van der Waals surface area contributed by atoms with Gasteiger partial charge in [0.25, 0.3) is 5.91 Å². The molecule has 4 nitrogen and oxygen atoms in total. The van der Waals surface area contributed by atoms with E-state index in [4.69, 9.17) is 9.47 Å². The summed E-state index contributed by atoms with van der Waals surface area (Å²) < 4.78 is 11.0. The van der Waals surface area contributed by atoms with Gasteiger partial charge in [-0.2, -0.15) is 0 Å². The first-order chi connectivity index (χ1) is 11.5. The van der Waals surface area contributed by atoms with E-state index in [1.165, 1.54) is 38.5 Å². The number of carbonyl (C=O) groups is 1. The zero-order valence-electron chi connectivity index (χ0n) is 14.6. The van der Waals surface area contributed by atoms with E-state index in [2.05, 4.69) is 5.32 Å². The lowest BCUT2D eigenvalue weighted by atomic mass is 9.53. The summed E-state index contributed by atoms with van der Waals surface area (Å²) in [5, 5.41) is 3.38. The monoisotopic (exact) mass is 329 g/mol. The van der Waals surface area contributed by atoms with Crippen LogP contribution in [-0.2, 0) is 4.79 Å². The number of nitrogens with one attached hydrogen (secondary N) is 1. The quantitative estimate of drug-likeness (QED) is 0.899. The minimum absolute atomic E-state index is 0.0211. The van der Waals surface area contributed by atoms with E-state index < -0.39 is 6.10 Å². The molecule has 4 saturated carbocycles. The van der Waals surface area contributed by atoms with E-state index in [-0.39, 0.29) is 11.4 Å². The molecule has 4 fully saturated rings. The molecule has 1 atom stereocenters. The van der Waals surface area contributed by atoms with Crippen molar-refractivity contribution < 1.29 is 14.3 Å². The number of ether oxygens (including phenoxy) is 2. The zero-order chi connectivity index (χ0) is 16.7. The highest BCUT2D eigenvalue weighted by Gasteiger charge is 2.51. The van der Waals surface area contributed by atoms with Gasteiger partial charge in [-0.1, -0.05) is 0 Å². The summed E-state index contributed by atoms with van der Waals surface area (Å²) in [5.74, 6) is 3.99. The lowest BCUT2D eigenvalue weighted by molar-refractivity contribution is -0.133. The molecule has 0 unspecified atom stereocenters. The summed E-state index contributed by atoms with van der Waals surface area (Å²) in [5.41, 5.74) is 0.0450. The van der Waals surface area contributed by atoms with Gasteiger partial charge in [0.05, 0.1) is 7.11 Å². The van der Waals surface area contributed by atoms with E-state index in [9.17, 15) is 4.79 Å². The van der Waals surface area contributed by atoms with Crippen molar-refractivity contribution in [2.24, 2.45) is 17.8 Å². The highest BCUT2D eigenvalue weighted by molar-refractivity contribution is 5.81. The lowest BCUT2D eigenvalue weighted by Gasteiger charge is -2.57. The molecule has 4 bridgehead atoms. The van der Waals surface area contributed by atoms with E-state index in [1.807, 2.05) is 31.2 Å². The first-order valence-electron chi connectivity index (χ1n) is 9.18. The molecule has 4 aliphatic rings. The van der Waals surface area contributed by atoms with Crippen LogP contribution < -0.4 is 14.8 Å². The molecule has 1 N–H and O–H groups in total. The third-order valence-corrected chi connectivity index (χ3v) is 6.17. The van der Waals surface area contributed by atoms with Crippen LogP contribution in [0.15, 0.2) is 24.3 Å². The van der Waals surface area contributed by atoms with Crippen LogP contribution in [0.25, 0.3) is 0 Å². The maximum absolute atomic E-state index is 12.7. The van der Waals surface area contributed by atoms with Crippen LogP contribution in [0.2, 0.25) is 0 Å².